The van der Waals surface area contributed by atoms with Crippen LogP contribution >= 0.6 is 11.3 Å². The number of aliphatic hydroxyl groups is 1. The summed E-state index contributed by atoms with van der Waals surface area (Å²) in [6.07, 6.45) is 5.26. The van der Waals surface area contributed by atoms with Crippen LogP contribution in [0.3, 0.4) is 0 Å². The Balaban J connectivity index is 2.30. The number of thiophene rings is 1. The number of terminal acetylenes is 1. The van der Waals surface area contributed by atoms with Crippen molar-refractivity contribution in [1.29, 1.82) is 0 Å². The predicted octanol–water partition coefficient (Wildman–Crippen LogP) is 3.01. The molecule has 16 heavy (non-hydrogen) atoms. The van der Waals surface area contributed by atoms with Gasteiger partial charge in [0.05, 0.1) is 0 Å². The van der Waals surface area contributed by atoms with Crippen molar-refractivity contribution < 1.29 is 5.11 Å². The van der Waals surface area contributed by atoms with Gasteiger partial charge in [0.15, 0.2) is 0 Å². The van der Waals surface area contributed by atoms with E-state index in [0.29, 0.717) is 0 Å². The average Bonchev–Trinajstić information content (AvgIpc) is 2.82. The van der Waals surface area contributed by atoms with Crippen LogP contribution in [-0.4, -0.2) is 5.11 Å². The first-order chi connectivity index (χ1) is 7.81. The van der Waals surface area contributed by atoms with Crippen LogP contribution < -0.4 is 0 Å². The molecule has 1 unspecified atom stereocenters. The molecule has 0 spiro atoms. The number of hydrogen-bond donors (Lipinski definition) is 1. The molecule has 0 aliphatic heterocycles. The normalized spacial score (nSPS) is 12.0. The minimum Gasteiger partial charge on any atom is -0.376 e. The van der Waals surface area contributed by atoms with Crippen molar-refractivity contribution in [3.05, 3.63) is 57.8 Å². The molecule has 2 aromatic rings. The van der Waals surface area contributed by atoms with Gasteiger partial charge in [0.25, 0.3) is 0 Å². The molecular weight excluding hydrogens is 216 g/mol. The van der Waals surface area contributed by atoms with Crippen LogP contribution in [0.5, 0.6) is 0 Å². The van der Waals surface area contributed by atoms with E-state index in [0.717, 1.165) is 17.5 Å². The molecule has 0 fully saturated rings. The maximum atomic E-state index is 9.71. The lowest BCUT2D eigenvalue weighted by Crippen LogP contribution is -2.00. The van der Waals surface area contributed by atoms with Crippen molar-refractivity contribution in [2.75, 3.05) is 0 Å². The van der Waals surface area contributed by atoms with Gasteiger partial charge in [-0.25, -0.2) is 0 Å². The summed E-state index contributed by atoms with van der Waals surface area (Å²) in [5, 5.41) is 13.9. The summed E-state index contributed by atoms with van der Waals surface area (Å²) < 4.78 is 0. The van der Waals surface area contributed by atoms with Gasteiger partial charge >= 0.3 is 0 Å². The van der Waals surface area contributed by atoms with E-state index >= 15 is 0 Å². The van der Waals surface area contributed by atoms with Gasteiger partial charge in [-0.1, -0.05) is 30.2 Å². The lowest BCUT2D eigenvalue weighted by Gasteiger charge is -2.10. The van der Waals surface area contributed by atoms with Crippen molar-refractivity contribution in [1.82, 2.24) is 0 Å². The zero-order chi connectivity index (χ0) is 11.4. The summed E-state index contributed by atoms with van der Waals surface area (Å²) >= 11 is 1.68. The van der Waals surface area contributed by atoms with Gasteiger partial charge in [0.2, 0.25) is 0 Å². The van der Waals surface area contributed by atoms with E-state index in [1.165, 1.54) is 5.56 Å². The third kappa shape index (κ3) is 2.33. The van der Waals surface area contributed by atoms with Crippen LogP contribution in [0.2, 0.25) is 0 Å². The lowest BCUT2D eigenvalue weighted by atomic mass is 9.98. The highest BCUT2D eigenvalue weighted by Gasteiger charge is 2.09. The van der Waals surface area contributed by atoms with E-state index in [4.69, 9.17) is 6.42 Å². The number of rotatable bonds is 3. The maximum Gasteiger partial charge on any atom is 0.140 e. The van der Waals surface area contributed by atoms with E-state index in [1.54, 1.807) is 11.3 Å². The second-order valence-electron chi connectivity index (χ2n) is 3.58. The molecule has 0 saturated heterocycles. The van der Waals surface area contributed by atoms with Gasteiger partial charge in [0, 0.05) is 0 Å². The topological polar surface area (TPSA) is 20.2 Å². The fourth-order valence-corrected chi connectivity index (χ4v) is 2.33. The molecule has 0 amide bonds. The summed E-state index contributed by atoms with van der Waals surface area (Å²) in [4.78, 5) is 0. The first-order valence-electron chi connectivity index (χ1n) is 5.04. The molecule has 0 aliphatic rings. The van der Waals surface area contributed by atoms with Gasteiger partial charge in [-0.3, -0.25) is 0 Å². The molecule has 0 bridgehead atoms. The molecular formula is C14H12OS. The molecule has 1 aromatic heterocycles. The highest BCUT2D eigenvalue weighted by Crippen LogP contribution is 2.21. The Hall–Kier alpha value is -1.56. The Morgan fingerprint density at radius 3 is 2.81 bits per heavy atom. The van der Waals surface area contributed by atoms with Crippen LogP contribution in [0.25, 0.3) is 0 Å². The Bertz CT molecular complexity index is 494. The molecule has 0 saturated carbocycles. The number of aliphatic hydroxyl groups excluding tert-OH is 1. The molecule has 1 N–H and O–H groups in total. The molecule has 0 aliphatic carbocycles. The van der Waals surface area contributed by atoms with Gasteiger partial charge in [-0.2, -0.15) is 11.3 Å². The first-order valence-corrected chi connectivity index (χ1v) is 5.98. The van der Waals surface area contributed by atoms with E-state index in [2.05, 4.69) is 22.7 Å². The van der Waals surface area contributed by atoms with Crippen molar-refractivity contribution in [2.45, 2.75) is 12.5 Å². The smallest absolute Gasteiger partial charge is 0.140 e. The second-order valence-corrected chi connectivity index (χ2v) is 4.36. The maximum absolute atomic E-state index is 9.71. The predicted molar refractivity (Wildman–Crippen MR) is 67.4 cm³/mol. The zero-order valence-corrected chi connectivity index (χ0v) is 9.58. The van der Waals surface area contributed by atoms with E-state index in [1.807, 2.05) is 24.3 Å². The van der Waals surface area contributed by atoms with Crippen molar-refractivity contribution in [2.24, 2.45) is 0 Å². The number of benzene rings is 1. The number of hydrogen-bond acceptors (Lipinski definition) is 2. The van der Waals surface area contributed by atoms with E-state index < -0.39 is 6.10 Å². The molecule has 1 atom stereocenters. The van der Waals surface area contributed by atoms with Gasteiger partial charge < -0.3 is 5.11 Å². The molecule has 80 valence electrons. The monoisotopic (exact) mass is 228 g/mol. The van der Waals surface area contributed by atoms with Crippen LogP contribution in [0, 0.1) is 12.3 Å². The standard InChI is InChI=1S/C14H12OS/c1-2-14(15)13-6-4-3-5-12(13)9-11-7-8-16-10-11/h1,3-8,10,14-15H,9H2. The highest BCUT2D eigenvalue weighted by molar-refractivity contribution is 7.07. The summed E-state index contributed by atoms with van der Waals surface area (Å²) in [6.45, 7) is 0. The first kappa shape index (κ1) is 10.9. The van der Waals surface area contributed by atoms with Gasteiger partial charge in [0.1, 0.15) is 6.10 Å². The van der Waals surface area contributed by atoms with Crippen LogP contribution in [0.4, 0.5) is 0 Å². The van der Waals surface area contributed by atoms with Crippen molar-refractivity contribution >= 4 is 11.3 Å². The van der Waals surface area contributed by atoms with Crippen molar-refractivity contribution in [3.8, 4) is 12.3 Å². The Morgan fingerprint density at radius 1 is 1.31 bits per heavy atom. The summed E-state index contributed by atoms with van der Waals surface area (Å²) in [6, 6.07) is 9.84. The Labute approximate surface area is 99.4 Å². The fourth-order valence-electron chi connectivity index (χ4n) is 1.66. The molecule has 1 heterocycles. The second kappa shape index (κ2) is 4.98. The van der Waals surface area contributed by atoms with Crippen LogP contribution in [0.1, 0.15) is 22.8 Å². The summed E-state index contributed by atoms with van der Waals surface area (Å²) in [7, 11) is 0. The fraction of sp³-hybridized carbons (Fsp3) is 0.143. The minimum atomic E-state index is -0.810. The Morgan fingerprint density at radius 2 is 2.12 bits per heavy atom. The van der Waals surface area contributed by atoms with E-state index in [9.17, 15) is 5.11 Å². The van der Waals surface area contributed by atoms with Crippen molar-refractivity contribution in [3.63, 3.8) is 0 Å². The highest BCUT2D eigenvalue weighted by atomic mass is 32.1. The average molecular weight is 228 g/mol. The Kier molecular flexibility index (Phi) is 3.40. The van der Waals surface area contributed by atoms with E-state index in [-0.39, 0.29) is 0 Å². The molecule has 0 radical (unpaired) electrons. The summed E-state index contributed by atoms with van der Waals surface area (Å²) in [5.41, 5.74) is 3.17. The molecule has 1 aromatic carbocycles. The van der Waals surface area contributed by atoms with Crippen LogP contribution in [-0.2, 0) is 6.42 Å². The third-order valence-corrected chi connectivity index (χ3v) is 3.21. The van der Waals surface area contributed by atoms with Gasteiger partial charge in [-0.05, 0) is 39.9 Å². The third-order valence-electron chi connectivity index (χ3n) is 2.48. The largest absolute Gasteiger partial charge is 0.376 e. The SMILES string of the molecule is C#CC(O)c1ccccc1Cc1ccsc1. The quantitative estimate of drug-likeness (QED) is 0.801. The molecule has 1 nitrogen and oxygen atoms in total. The van der Waals surface area contributed by atoms with Gasteiger partial charge in [-0.15, -0.1) is 6.42 Å². The zero-order valence-electron chi connectivity index (χ0n) is 8.76. The lowest BCUT2D eigenvalue weighted by molar-refractivity contribution is 0.237. The molecule has 2 heteroatoms. The molecule has 2 rings (SSSR count). The van der Waals surface area contributed by atoms with Crippen LogP contribution in [0.15, 0.2) is 41.1 Å². The minimum absolute atomic E-state index is 0.810. The summed E-state index contributed by atoms with van der Waals surface area (Å²) in [5.74, 6) is 2.36.